The molecule has 0 unspecified atom stereocenters. The Kier molecular flexibility index (Phi) is 4.29. The normalized spacial score (nSPS) is 15.3. The molecule has 0 atom stereocenters. The van der Waals surface area contributed by atoms with Crippen LogP contribution in [-0.2, 0) is 10.0 Å². The zero-order valence-corrected chi connectivity index (χ0v) is 17.0. The van der Waals surface area contributed by atoms with Gasteiger partial charge in [0.15, 0.2) is 0 Å². The van der Waals surface area contributed by atoms with Crippen LogP contribution in [0.1, 0.15) is 5.56 Å². The van der Waals surface area contributed by atoms with Crippen LogP contribution in [0, 0.1) is 6.92 Å². The highest BCUT2D eigenvalue weighted by atomic mass is 32.2. The highest BCUT2D eigenvalue weighted by Crippen LogP contribution is 2.31. The summed E-state index contributed by atoms with van der Waals surface area (Å²) in [6.45, 7) is 5.56. The Balaban J connectivity index is 1.69. The quantitative estimate of drug-likeness (QED) is 0.566. The molecule has 1 N–H and O–H groups in total. The fourth-order valence-corrected chi connectivity index (χ4v) is 5.59. The number of aromatic nitrogens is 2. The van der Waals surface area contributed by atoms with Crippen molar-refractivity contribution in [2.75, 3.05) is 31.1 Å². The van der Waals surface area contributed by atoms with E-state index in [0.717, 1.165) is 53.7 Å². The molecule has 0 bridgehead atoms. The summed E-state index contributed by atoms with van der Waals surface area (Å²) in [7, 11) is -3.79. The Morgan fingerprint density at radius 2 is 1.69 bits per heavy atom. The van der Waals surface area contributed by atoms with Crippen molar-refractivity contribution in [1.82, 2.24) is 14.3 Å². The molecule has 0 amide bonds. The van der Waals surface area contributed by atoms with Crippen molar-refractivity contribution in [3.63, 3.8) is 0 Å². The van der Waals surface area contributed by atoms with E-state index in [1.165, 1.54) is 10.3 Å². The number of piperazine rings is 1. The van der Waals surface area contributed by atoms with Crippen molar-refractivity contribution in [3.8, 4) is 0 Å². The van der Waals surface area contributed by atoms with E-state index in [1.807, 2.05) is 55.5 Å². The van der Waals surface area contributed by atoms with Crippen LogP contribution in [0.25, 0.3) is 21.8 Å². The number of para-hydroxylation sites is 1. The van der Waals surface area contributed by atoms with Crippen LogP contribution >= 0.6 is 0 Å². The van der Waals surface area contributed by atoms with Gasteiger partial charge < -0.3 is 10.2 Å². The van der Waals surface area contributed by atoms with Gasteiger partial charge in [-0.2, -0.15) is 0 Å². The van der Waals surface area contributed by atoms with E-state index >= 15 is 0 Å². The number of hydrogen-bond acceptors (Lipinski definition) is 5. The third-order valence-electron chi connectivity index (χ3n) is 5.62. The van der Waals surface area contributed by atoms with Gasteiger partial charge in [-0.25, -0.2) is 17.4 Å². The topological polar surface area (TPSA) is 67.2 Å². The third-order valence-corrected chi connectivity index (χ3v) is 7.34. The summed E-state index contributed by atoms with van der Waals surface area (Å²) in [6.07, 6.45) is 1.43. The predicted octanol–water partition coefficient (Wildman–Crippen LogP) is 3.14. The van der Waals surface area contributed by atoms with E-state index in [2.05, 4.69) is 15.2 Å². The molecular formula is C22H22N4O2S. The van der Waals surface area contributed by atoms with E-state index in [4.69, 9.17) is 0 Å². The van der Waals surface area contributed by atoms with Crippen molar-refractivity contribution in [2.45, 2.75) is 11.8 Å². The van der Waals surface area contributed by atoms with E-state index in [-0.39, 0.29) is 0 Å². The number of hydrogen-bond donors (Lipinski definition) is 1. The number of rotatable bonds is 3. The molecule has 6 nitrogen and oxygen atoms in total. The number of aryl methyl sites for hydroxylation is 1. The van der Waals surface area contributed by atoms with Gasteiger partial charge in [-0.05, 0) is 36.1 Å². The Morgan fingerprint density at radius 1 is 0.931 bits per heavy atom. The summed E-state index contributed by atoms with van der Waals surface area (Å²) in [5, 5.41) is 5.02. The van der Waals surface area contributed by atoms with E-state index < -0.39 is 10.0 Å². The van der Waals surface area contributed by atoms with Gasteiger partial charge in [-0.15, -0.1) is 0 Å². The van der Waals surface area contributed by atoms with Crippen LogP contribution < -0.4 is 10.2 Å². The summed E-state index contributed by atoms with van der Waals surface area (Å²) >= 11 is 0. The summed E-state index contributed by atoms with van der Waals surface area (Å²) in [4.78, 5) is 7.06. The average molecular weight is 407 g/mol. The van der Waals surface area contributed by atoms with Crippen LogP contribution in [0.5, 0.6) is 0 Å². The smallest absolute Gasteiger partial charge is 0.270 e. The first-order chi connectivity index (χ1) is 14.1. The third kappa shape index (κ3) is 2.89. The number of anilines is 1. The first kappa shape index (κ1) is 18.1. The monoisotopic (exact) mass is 406 g/mol. The van der Waals surface area contributed by atoms with Crippen LogP contribution in [0.15, 0.2) is 65.8 Å². The summed E-state index contributed by atoms with van der Waals surface area (Å²) in [6, 6.07) is 16.9. The maximum absolute atomic E-state index is 13.6. The Labute approximate surface area is 169 Å². The van der Waals surface area contributed by atoms with Gasteiger partial charge in [0.05, 0.1) is 16.1 Å². The van der Waals surface area contributed by atoms with Crippen LogP contribution in [-0.4, -0.2) is 43.6 Å². The minimum absolute atomic E-state index is 0.297. The lowest BCUT2D eigenvalue weighted by molar-refractivity contribution is 0.589. The molecule has 5 rings (SSSR count). The molecule has 148 valence electrons. The molecule has 1 aromatic heterocycles. The van der Waals surface area contributed by atoms with Crippen LogP contribution in [0.3, 0.4) is 0 Å². The van der Waals surface area contributed by atoms with Gasteiger partial charge in [0, 0.05) is 31.6 Å². The molecule has 1 saturated heterocycles. The fourth-order valence-electron chi connectivity index (χ4n) is 4.11. The van der Waals surface area contributed by atoms with Gasteiger partial charge >= 0.3 is 0 Å². The lowest BCUT2D eigenvalue weighted by Crippen LogP contribution is -2.43. The second-order valence-electron chi connectivity index (χ2n) is 7.35. The van der Waals surface area contributed by atoms with Gasteiger partial charge in [0.25, 0.3) is 10.0 Å². The molecule has 1 fully saturated rings. The lowest BCUT2D eigenvalue weighted by atomic mass is 10.1. The van der Waals surface area contributed by atoms with Crippen molar-refractivity contribution in [1.29, 1.82) is 0 Å². The molecule has 1 aliphatic rings. The number of fused-ring (bicyclic) bond motifs is 2. The molecule has 1 aliphatic heterocycles. The van der Waals surface area contributed by atoms with Crippen molar-refractivity contribution >= 4 is 37.5 Å². The van der Waals surface area contributed by atoms with Gasteiger partial charge in [-0.1, -0.05) is 36.4 Å². The maximum atomic E-state index is 13.6. The highest BCUT2D eigenvalue weighted by Gasteiger charge is 2.24. The largest absolute Gasteiger partial charge is 0.367 e. The Hall–Kier alpha value is -2.90. The van der Waals surface area contributed by atoms with E-state index in [0.29, 0.717) is 10.4 Å². The van der Waals surface area contributed by atoms with Crippen molar-refractivity contribution < 1.29 is 8.42 Å². The fraction of sp³-hybridized carbons (Fsp3) is 0.227. The first-order valence-electron chi connectivity index (χ1n) is 9.73. The van der Waals surface area contributed by atoms with Crippen LogP contribution in [0.4, 0.5) is 5.69 Å². The molecule has 0 radical (unpaired) electrons. The average Bonchev–Trinajstić information content (AvgIpc) is 3.20. The lowest BCUT2D eigenvalue weighted by Gasteiger charge is -2.29. The Morgan fingerprint density at radius 3 is 2.48 bits per heavy atom. The molecular weight excluding hydrogens is 384 g/mol. The molecule has 2 heterocycles. The van der Waals surface area contributed by atoms with Gasteiger partial charge in [0.2, 0.25) is 0 Å². The highest BCUT2D eigenvalue weighted by molar-refractivity contribution is 7.90. The summed E-state index contributed by atoms with van der Waals surface area (Å²) < 4.78 is 28.6. The number of nitrogens with zero attached hydrogens (tertiary/aromatic N) is 3. The molecule has 29 heavy (non-hydrogen) atoms. The standard InChI is InChI=1S/C22H22N4O2S/c1-16-9-10-21(18-6-3-2-5-17(16)18)29(27,28)26-15-24-22-19(7-4-8-20(22)26)25-13-11-23-12-14-25/h2-10,15,23H,11-14H2,1H3. The summed E-state index contributed by atoms with van der Waals surface area (Å²) in [5.41, 5.74) is 3.35. The number of nitrogens with one attached hydrogen (secondary N) is 1. The molecule has 0 spiro atoms. The van der Waals surface area contributed by atoms with Crippen molar-refractivity contribution in [3.05, 3.63) is 66.5 Å². The molecule has 3 aromatic carbocycles. The number of imidazole rings is 1. The van der Waals surface area contributed by atoms with E-state index in [1.54, 1.807) is 6.07 Å². The van der Waals surface area contributed by atoms with Gasteiger partial charge in [0.1, 0.15) is 11.8 Å². The van der Waals surface area contributed by atoms with Crippen molar-refractivity contribution in [2.24, 2.45) is 0 Å². The minimum atomic E-state index is -3.79. The van der Waals surface area contributed by atoms with Gasteiger partial charge in [-0.3, -0.25) is 0 Å². The van der Waals surface area contributed by atoms with Crippen LogP contribution in [0.2, 0.25) is 0 Å². The zero-order valence-electron chi connectivity index (χ0n) is 16.2. The number of benzene rings is 3. The SMILES string of the molecule is Cc1ccc(S(=O)(=O)n2cnc3c(N4CCNCC4)cccc32)c2ccccc12. The second kappa shape index (κ2) is 6.86. The molecule has 0 aliphatic carbocycles. The van der Waals surface area contributed by atoms with E-state index in [9.17, 15) is 8.42 Å². The second-order valence-corrected chi connectivity index (χ2v) is 9.14. The molecule has 4 aromatic rings. The maximum Gasteiger partial charge on any atom is 0.270 e. The first-order valence-corrected chi connectivity index (χ1v) is 11.2. The zero-order chi connectivity index (χ0) is 20.0. The molecule has 7 heteroatoms. The Bertz CT molecular complexity index is 1320. The molecule has 0 saturated carbocycles. The summed E-state index contributed by atoms with van der Waals surface area (Å²) in [5.74, 6) is 0. The minimum Gasteiger partial charge on any atom is -0.367 e. The predicted molar refractivity (Wildman–Crippen MR) is 116 cm³/mol.